The third kappa shape index (κ3) is 4.30. The Morgan fingerprint density at radius 1 is 1.38 bits per heavy atom. The molecule has 1 aromatic carbocycles. The first-order valence-electron chi connectivity index (χ1n) is 6.86. The molecule has 6 nitrogen and oxygen atoms in total. The Morgan fingerprint density at radius 2 is 2.10 bits per heavy atom. The molecule has 1 aromatic rings. The van der Waals surface area contributed by atoms with Crippen LogP contribution >= 0.6 is 0 Å². The highest BCUT2D eigenvalue weighted by Gasteiger charge is 2.28. The van der Waals surface area contributed by atoms with Gasteiger partial charge in [0.05, 0.1) is 6.04 Å². The van der Waals surface area contributed by atoms with Crippen LogP contribution in [0.25, 0.3) is 0 Å². The predicted octanol–water partition coefficient (Wildman–Crippen LogP) is 0.686. The molecule has 0 radical (unpaired) electrons. The van der Waals surface area contributed by atoms with Crippen molar-refractivity contribution in [2.24, 2.45) is 0 Å². The summed E-state index contributed by atoms with van der Waals surface area (Å²) in [7, 11) is 0. The van der Waals surface area contributed by atoms with Crippen molar-refractivity contribution >= 4 is 17.8 Å². The molecular formula is C15H18N2O4. The summed E-state index contributed by atoms with van der Waals surface area (Å²) >= 11 is 0. The normalized spacial score (nSPS) is 18.7. The average molecular weight is 290 g/mol. The number of rotatable bonds is 5. The van der Waals surface area contributed by atoms with Crippen LogP contribution in [0.1, 0.15) is 31.4 Å². The van der Waals surface area contributed by atoms with Crippen molar-refractivity contribution < 1.29 is 19.1 Å². The van der Waals surface area contributed by atoms with Crippen LogP contribution in [0.3, 0.4) is 0 Å². The molecule has 1 saturated heterocycles. The van der Waals surface area contributed by atoms with E-state index in [2.05, 4.69) is 10.6 Å². The van der Waals surface area contributed by atoms with Crippen molar-refractivity contribution in [3.05, 3.63) is 35.9 Å². The van der Waals surface area contributed by atoms with Crippen LogP contribution in [0, 0.1) is 0 Å². The second-order valence-corrected chi connectivity index (χ2v) is 4.97. The molecule has 0 spiro atoms. The van der Waals surface area contributed by atoms with Crippen LogP contribution in [0.2, 0.25) is 0 Å². The molecule has 0 saturated carbocycles. The highest BCUT2D eigenvalue weighted by molar-refractivity contribution is 5.89. The monoisotopic (exact) mass is 290 g/mol. The van der Waals surface area contributed by atoms with E-state index < -0.39 is 12.0 Å². The Hall–Kier alpha value is -2.37. The number of nitrogens with one attached hydrogen (secondary N) is 2. The minimum atomic E-state index is -0.628. The Bertz CT molecular complexity index is 530. The Balaban J connectivity index is 1.75. The van der Waals surface area contributed by atoms with E-state index in [0.29, 0.717) is 12.8 Å². The first-order chi connectivity index (χ1) is 10.1. The van der Waals surface area contributed by atoms with Gasteiger partial charge in [-0.05, 0) is 18.9 Å². The number of amides is 2. The summed E-state index contributed by atoms with van der Waals surface area (Å²) in [5, 5.41) is 5.25. The third-order valence-corrected chi connectivity index (χ3v) is 3.30. The van der Waals surface area contributed by atoms with Gasteiger partial charge in [-0.1, -0.05) is 30.3 Å². The molecule has 6 heteroatoms. The van der Waals surface area contributed by atoms with Crippen LogP contribution in [0.5, 0.6) is 0 Å². The number of benzene rings is 1. The average Bonchev–Trinajstić information content (AvgIpc) is 2.92. The van der Waals surface area contributed by atoms with E-state index in [1.165, 1.54) is 0 Å². The van der Waals surface area contributed by atoms with Gasteiger partial charge in [0, 0.05) is 6.42 Å². The van der Waals surface area contributed by atoms with Gasteiger partial charge in [0.25, 0.3) is 5.91 Å². The van der Waals surface area contributed by atoms with Gasteiger partial charge in [0.15, 0.2) is 6.61 Å². The number of ether oxygens (including phenoxy) is 1. The summed E-state index contributed by atoms with van der Waals surface area (Å²) in [5.74, 6) is -1.11. The number of hydrogen-bond acceptors (Lipinski definition) is 4. The molecule has 0 aliphatic carbocycles. The van der Waals surface area contributed by atoms with Gasteiger partial charge in [0.2, 0.25) is 5.91 Å². The molecule has 21 heavy (non-hydrogen) atoms. The van der Waals surface area contributed by atoms with Gasteiger partial charge < -0.3 is 15.4 Å². The predicted molar refractivity (Wildman–Crippen MR) is 75.1 cm³/mol. The number of hydrogen-bond donors (Lipinski definition) is 2. The van der Waals surface area contributed by atoms with Crippen molar-refractivity contribution in [3.63, 3.8) is 0 Å². The van der Waals surface area contributed by atoms with E-state index in [0.717, 1.165) is 5.56 Å². The van der Waals surface area contributed by atoms with E-state index in [9.17, 15) is 14.4 Å². The van der Waals surface area contributed by atoms with Crippen molar-refractivity contribution in [3.8, 4) is 0 Å². The molecular weight excluding hydrogens is 272 g/mol. The summed E-state index contributed by atoms with van der Waals surface area (Å²) < 4.78 is 4.91. The fourth-order valence-electron chi connectivity index (χ4n) is 2.14. The molecule has 2 atom stereocenters. The summed E-state index contributed by atoms with van der Waals surface area (Å²) in [4.78, 5) is 34.4. The maximum Gasteiger partial charge on any atom is 0.329 e. The molecule has 0 bridgehead atoms. The van der Waals surface area contributed by atoms with Crippen molar-refractivity contribution in [2.45, 2.75) is 31.8 Å². The van der Waals surface area contributed by atoms with Crippen molar-refractivity contribution in [1.82, 2.24) is 10.6 Å². The quantitative estimate of drug-likeness (QED) is 0.781. The molecule has 2 rings (SSSR count). The molecule has 1 heterocycles. The number of esters is 1. The Morgan fingerprint density at radius 3 is 2.71 bits per heavy atom. The fourth-order valence-corrected chi connectivity index (χ4v) is 2.14. The topological polar surface area (TPSA) is 84.5 Å². The maximum atomic E-state index is 11.7. The van der Waals surface area contributed by atoms with Crippen LogP contribution in [-0.4, -0.2) is 30.4 Å². The van der Waals surface area contributed by atoms with Crippen LogP contribution in [0.4, 0.5) is 0 Å². The van der Waals surface area contributed by atoms with Crippen molar-refractivity contribution in [2.75, 3.05) is 6.61 Å². The Kier molecular flexibility index (Phi) is 4.92. The van der Waals surface area contributed by atoms with Gasteiger partial charge in [-0.15, -0.1) is 0 Å². The highest BCUT2D eigenvalue weighted by Crippen LogP contribution is 2.11. The molecule has 1 aliphatic heterocycles. The van der Waals surface area contributed by atoms with Crippen LogP contribution in [-0.2, 0) is 19.1 Å². The zero-order valence-corrected chi connectivity index (χ0v) is 11.8. The molecule has 2 N–H and O–H groups in total. The van der Waals surface area contributed by atoms with Gasteiger partial charge in [-0.3, -0.25) is 9.59 Å². The molecule has 0 unspecified atom stereocenters. The van der Waals surface area contributed by atoms with E-state index in [4.69, 9.17) is 4.74 Å². The van der Waals surface area contributed by atoms with E-state index in [-0.39, 0.29) is 24.5 Å². The minimum Gasteiger partial charge on any atom is -0.454 e. The maximum absolute atomic E-state index is 11.7. The van der Waals surface area contributed by atoms with Crippen LogP contribution < -0.4 is 10.6 Å². The van der Waals surface area contributed by atoms with Crippen LogP contribution in [0.15, 0.2) is 30.3 Å². The standard InChI is InChI=1S/C15H18N2O4/c1-10(11-5-3-2-4-6-11)16-14(19)9-21-15(20)12-7-8-13(18)17-12/h2-6,10,12H,7-9H2,1H3,(H,16,19)(H,17,18)/t10-,12-/m1/s1. The summed E-state index contributed by atoms with van der Waals surface area (Å²) in [6, 6.07) is 8.70. The van der Waals surface area contributed by atoms with E-state index in [1.54, 1.807) is 0 Å². The molecule has 0 aromatic heterocycles. The number of carbonyl (C=O) groups excluding carboxylic acids is 3. The smallest absolute Gasteiger partial charge is 0.329 e. The third-order valence-electron chi connectivity index (χ3n) is 3.30. The molecule has 2 amide bonds. The van der Waals surface area contributed by atoms with Gasteiger partial charge in [-0.25, -0.2) is 4.79 Å². The van der Waals surface area contributed by atoms with Gasteiger partial charge >= 0.3 is 5.97 Å². The van der Waals surface area contributed by atoms with Gasteiger partial charge in [-0.2, -0.15) is 0 Å². The lowest BCUT2D eigenvalue weighted by Crippen LogP contribution is -2.37. The lowest BCUT2D eigenvalue weighted by molar-refractivity contribution is -0.150. The van der Waals surface area contributed by atoms with E-state index >= 15 is 0 Å². The molecule has 1 aliphatic rings. The largest absolute Gasteiger partial charge is 0.454 e. The summed E-state index contributed by atoms with van der Waals surface area (Å²) in [6.45, 7) is 1.51. The zero-order valence-electron chi connectivity index (χ0n) is 11.8. The molecule has 112 valence electrons. The lowest BCUT2D eigenvalue weighted by Gasteiger charge is -2.15. The van der Waals surface area contributed by atoms with Gasteiger partial charge in [0.1, 0.15) is 6.04 Å². The zero-order chi connectivity index (χ0) is 15.2. The van der Waals surface area contributed by atoms with E-state index in [1.807, 2.05) is 37.3 Å². The first-order valence-corrected chi connectivity index (χ1v) is 6.86. The first kappa shape index (κ1) is 15.0. The number of carbonyl (C=O) groups is 3. The molecule has 1 fully saturated rings. The Labute approximate surface area is 122 Å². The summed E-state index contributed by atoms with van der Waals surface area (Å²) in [6.07, 6.45) is 0.733. The fraction of sp³-hybridized carbons (Fsp3) is 0.400. The SMILES string of the molecule is C[C@@H](NC(=O)COC(=O)[C@H]1CCC(=O)N1)c1ccccc1. The van der Waals surface area contributed by atoms with Crippen molar-refractivity contribution in [1.29, 1.82) is 0 Å². The minimum absolute atomic E-state index is 0.163. The summed E-state index contributed by atoms with van der Waals surface area (Å²) in [5.41, 5.74) is 0.972. The highest BCUT2D eigenvalue weighted by atomic mass is 16.5. The second-order valence-electron chi connectivity index (χ2n) is 4.97. The second kappa shape index (κ2) is 6.88. The lowest BCUT2D eigenvalue weighted by atomic mass is 10.1.